The number of aliphatic imine (C=N–C) groups is 1. The van der Waals surface area contributed by atoms with Gasteiger partial charge in [0.15, 0.2) is 5.96 Å². The van der Waals surface area contributed by atoms with Crippen LogP contribution < -0.4 is 17.2 Å². The lowest BCUT2D eigenvalue weighted by Crippen LogP contribution is -2.25. The zero-order valence-corrected chi connectivity index (χ0v) is 11.4. The summed E-state index contributed by atoms with van der Waals surface area (Å²) in [6.45, 7) is 2.41. The highest BCUT2D eigenvalue weighted by atomic mass is 16.5. The van der Waals surface area contributed by atoms with Gasteiger partial charge in [0.1, 0.15) is 6.10 Å². The van der Waals surface area contributed by atoms with Gasteiger partial charge in [0.25, 0.3) is 0 Å². The first-order valence-corrected chi connectivity index (χ1v) is 6.48. The molecule has 0 rings (SSSR count). The fourth-order valence-corrected chi connectivity index (χ4v) is 1.57. The number of carbonyl (C=O) groups excluding carboxylic acids is 2. The van der Waals surface area contributed by atoms with Crippen molar-refractivity contribution in [2.75, 3.05) is 6.54 Å². The molecule has 19 heavy (non-hydrogen) atoms. The third kappa shape index (κ3) is 11.1. The van der Waals surface area contributed by atoms with Gasteiger partial charge in [0.2, 0.25) is 5.91 Å². The standard InChI is InChI=1S/C12H24N4O3/c1-2-5-11(18)19-9(8-10(13)17)6-3-4-7-16-12(14)15/h9H,2-8H2,1H3,(H2,13,17)(H4,14,15,16). The van der Waals surface area contributed by atoms with Gasteiger partial charge in [-0.2, -0.15) is 0 Å². The molecule has 0 heterocycles. The van der Waals surface area contributed by atoms with Gasteiger partial charge in [-0.15, -0.1) is 0 Å². The van der Waals surface area contributed by atoms with Crippen molar-refractivity contribution in [2.45, 2.75) is 51.6 Å². The minimum atomic E-state index is -0.474. The van der Waals surface area contributed by atoms with Crippen molar-refractivity contribution in [1.82, 2.24) is 0 Å². The number of amides is 1. The molecule has 1 unspecified atom stereocenters. The van der Waals surface area contributed by atoms with Crippen molar-refractivity contribution in [2.24, 2.45) is 22.2 Å². The zero-order chi connectivity index (χ0) is 14.7. The summed E-state index contributed by atoms with van der Waals surface area (Å²) in [4.78, 5) is 26.1. The monoisotopic (exact) mass is 272 g/mol. The lowest BCUT2D eigenvalue weighted by atomic mass is 10.1. The number of nitrogens with zero attached hydrogens (tertiary/aromatic N) is 1. The molecule has 0 aliphatic heterocycles. The molecule has 7 heteroatoms. The van der Waals surface area contributed by atoms with Crippen molar-refractivity contribution in [3.8, 4) is 0 Å². The van der Waals surface area contributed by atoms with E-state index in [0.717, 1.165) is 12.8 Å². The van der Waals surface area contributed by atoms with Crippen LogP contribution in [0.3, 0.4) is 0 Å². The van der Waals surface area contributed by atoms with Gasteiger partial charge in [0, 0.05) is 13.0 Å². The molecule has 0 aromatic carbocycles. The average molecular weight is 272 g/mol. The van der Waals surface area contributed by atoms with E-state index < -0.39 is 12.0 Å². The van der Waals surface area contributed by atoms with Crippen LogP contribution in [0.25, 0.3) is 0 Å². The molecule has 0 radical (unpaired) electrons. The molecular weight excluding hydrogens is 248 g/mol. The normalized spacial score (nSPS) is 11.6. The van der Waals surface area contributed by atoms with E-state index in [-0.39, 0.29) is 18.3 Å². The second kappa shape index (κ2) is 10.2. The van der Waals surface area contributed by atoms with Crippen molar-refractivity contribution in [3.63, 3.8) is 0 Å². The summed E-state index contributed by atoms with van der Waals surface area (Å²) in [6, 6.07) is 0. The average Bonchev–Trinajstić information content (AvgIpc) is 2.27. The number of carbonyl (C=O) groups is 2. The van der Waals surface area contributed by atoms with Crippen LogP contribution >= 0.6 is 0 Å². The molecule has 0 bridgehead atoms. The number of primary amides is 1. The number of rotatable bonds is 10. The molecule has 0 spiro atoms. The summed E-state index contributed by atoms with van der Waals surface area (Å²) in [6.07, 6.45) is 2.77. The Bertz CT molecular complexity index is 314. The molecule has 0 fully saturated rings. The van der Waals surface area contributed by atoms with Crippen LogP contribution in [-0.4, -0.2) is 30.5 Å². The molecule has 0 aromatic heterocycles. The molecule has 0 saturated heterocycles. The number of unbranched alkanes of at least 4 members (excludes halogenated alkanes) is 1. The summed E-state index contributed by atoms with van der Waals surface area (Å²) >= 11 is 0. The van der Waals surface area contributed by atoms with Crippen molar-refractivity contribution in [1.29, 1.82) is 0 Å². The predicted octanol–water partition coefficient (Wildman–Crippen LogP) is 0.0174. The highest BCUT2D eigenvalue weighted by molar-refractivity contribution is 5.76. The number of hydrogen-bond acceptors (Lipinski definition) is 4. The molecule has 7 nitrogen and oxygen atoms in total. The van der Waals surface area contributed by atoms with Gasteiger partial charge in [0.05, 0.1) is 6.42 Å². The largest absolute Gasteiger partial charge is 0.462 e. The van der Waals surface area contributed by atoms with Gasteiger partial charge in [-0.25, -0.2) is 0 Å². The molecule has 1 atom stereocenters. The fourth-order valence-electron chi connectivity index (χ4n) is 1.57. The number of nitrogens with two attached hydrogens (primary N) is 3. The minimum Gasteiger partial charge on any atom is -0.462 e. The Hall–Kier alpha value is -1.79. The second-order valence-corrected chi connectivity index (χ2v) is 4.33. The Balaban J connectivity index is 4.02. The molecule has 0 saturated carbocycles. The second-order valence-electron chi connectivity index (χ2n) is 4.33. The Morgan fingerprint density at radius 1 is 1.21 bits per heavy atom. The predicted molar refractivity (Wildman–Crippen MR) is 73.1 cm³/mol. The summed E-state index contributed by atoms with van der Waals surface area (Å²) in [5, 5.41) is 0. The molecule has 110 valence electrons. The van der Waals surface area contributed by atoms with E-state index in [1.807, 2.05) is 6.92 Å². The quantitative estimate of drug-likeness (QED) is 0.223. The summed E-state index contributed by atoms with van der Waals surface area (Å²) in [5.41, 5.74) is 15.5. The zero-order valence-electron chi connectivity index (χ0n) is 11.4. The van der Waals surface area contributed by atoms with Gasteiger partial charge < -0.3 is 21.9 Å². The van der Waals surface area contributed by atoms with Gasteiger partial charge in [-0.3, -0.25) is 14.6 Å². The first-order chi connectivity index (χ1) is 8.95. The number of guanidine groups is 1. The molecule has 6 N–H and O–H groups in total. The van der Waals surface area contributed by atoms with Crippen LogP contribution in [0, 0.1) is 0 Å². The number of esters is 1. The third-order valence-corrected chi connectivity index (χ3v) is 2.41. The Morgan fingerprint density at radius 3 is 2.42 bits per heavy atom. The highest BCUT2D eigenvalue weighted by Gasteiger charge is 2.16. The first kappa shape index (κ1) is 17.2. The lowest BCUT2D eigenvalue weighted by molar-refractivity contribution is -0.150. The topological polar surface area (TPSA) is 134 Å². The maximum absolute atomic E-state index is 11.4. The number of ether oxygens (including phenoxy) is 1. The van der Waals surface area contributed by atoms with Crippen LogP contribution in [0.1, 0.15) is 45.4 Å². The van der Waals surface area contributed by atoms with E-state index in [4.69, 9.17) is 21.9 Å². The Labute approximate surface area is 113 Å². The molecule has 0 aromatic rings. The van der Waals surface area contributed by atoms with E-state index in [1.165, 1.54) is 0 Å². The van der Waals surface area contributed by atoms with Gasteiger partial charge in [-0.05, 0) is 25.7 Å². The molecule has 0 aliphatic rings. The Kier molecular flexibility index (Phi) is 9.20. The van der Waals surface area contributed by atoms with E-state index in [2.05, 4.69) is 4.99 Å². The highest BCUT2D eigenvalue weighted by Crippen LogP contribution is 2.10. The SMILES string of the molecule is CCCC(=O)OC(CCCCN=C(N)N)CC(N)=O. The number of hydrogen-bond donors (Lipinski definition) is 3. The van der Waals surface area contributed by atoms with Crippen molar-refractivity contribution >= 4 is 17.8 Å². The lowest BCUT2D eigenvalue weighted by Gasteiger charge is -2.16. The smallest absolute Gasteiger partial charge is 0.306 e. The van der Waals surface area contributed by atoms with Crippen LogP contribution in [0.5, 0.6) is 0 Å². The van der Waals surface area contributed by atoms with Crippen LogP contribution in [0.15, 0.2) is 4.99 Å². The summed E-state index contributed by atoms with van der Waals surface area (Å²) in [7, 11) is 0. The van der Waals surface area contributed by atoms with Crippen LogP contribution in [-0.2, 0) is 14.3 Å². The van der Waals surface area contributed by atoms with E-state index >= 15 is 0 Å². The van der Waals surface area contributed by atoms with Crippen molar-refractivity contribution < 1.29 is 14.3 Å². The van der Waals surface area contributed by atoms with E-state index in [9.17, 15) is 9.59 Å². The third-order valence-electron chi connectivity index (χ3n) is 2.41. The van der Waals surface area contributed by atoms with Crippen molar-refractivity contribution in [3.05, 3.63) is 0 Å². The maximum Gasteiger partial charge on any atom is 0.306 e. The van der Waals surface area contributed by atoms with E-state index in [1.54, 1.807) is 0 Å². The molecule has 0 aliphatic carbocycles. The Morgan fingerprint density at radius 2 is 1.89 bits per heavy atom. The van der Waals surface area contributed by atoms with Gasteiger partial charge >= 0.3 is 5.97 Å². The summed E-state index contributed by atoms with van der Waals surface area (Å²) in [5.74, 6) is -0.709. The van der Waals surface area contributed by atoms with Crippen LogP contribution in [0.2, 0.25) is 0 Å². The minimum absolute atomic E-state index is 0.0533. The summed E-state index contributed by atoms with van der Waals surface area (Å²) < 4.78 is 5.20. The first-order valence-electron chi connectivity index (χ1n) is 6.48. The maximum atomic E-state index is 11.4. The van der Waals surface area contributed by atoms with E-state index in [0.29, 0.717) is 25.8 Å². The fraction of sp³-hybridized carbons (Fsp3) is 0.750. The van der Waals surface area contributed by atoms with Gasteiger partial charge in [-0.1, -0.05) is 6.92 Å². The van der Waals surface area contributed by atoms with Crippen LogP contribution in [0.4, 0.5) is 0 Å². The molecule has 1 amide bonds. The molecular formula is C12H24N4O3.